The molecular weight excluding hydrogens is 452 g/mol. The summed E-state index contributed by atoms with van der Waals surface area (Å²) in [6.07, 6.45) is 1.55. The van der Waals surface area contributed by atoms with Gasteiger partial charge >= 0.3 is 0 Å². The summed E-state index contributed by atoms with van der Waals surface area (Å²) in [7, 11) is 0. The van der Waals surface area contributed by atoms with Gasteiger partial charge in [-0.15, -0.1) is 0 Å². The molecule has 188 valence electrons. The Morgan fingerprint density at radius 1 is 0.861 bits per heavy atom. The number of aromatic nitrogens is 2. The third-order valence-electron chi connectivity index (χ3n) is 6.57. The first-order chi connectivity index (χ1) is 17.5. The van der Waals surface area contributed by atoms with Crippen LogP contribution in [0, 0.1) is 0 Å². The molecule has 1 aliphatic rings. The summed E-state index contributed by atoms with van der Waals surface area (Å²) in [6.45, 7) is 12.1. The lowest BCUT2D eigenvalue weighted by Gasteiger charge is -2.30. The fraction of sp³-hybridized carbons (Fsp3) is 0.357. The van der Waals surface area contributed by atoms with Crippen LogP contribution in [0.1, 0.15) is 38.1 Å². The molecule has 3 aromatic rings. The van der Waals surface area contributed by atoms with Crippen molar-refractivity contribution in [2.45, 2.75) is 27.7 Å². The molecule has 1 aromatic heterocycles. The highest BCUT2D eigenvalue weighted by atomic mass is 16.2. The first kappa shape index (κ1) is 25.5. The molecule has 8 heteroatoms. The molecular formula is C28H34N6O2. The fourth-order valence-electron chi connectivity index (χ4n) is 4.47. The number of carbonyl (C=O) groups excluding carboxylic acids is 2. The molecule has 0 unspecified atom stereocenters. The van der Waals surface area contributed by atoms with Crippen LogP contribution < -0.4 is 9.80 Å². The van der Waals surface area contributed by atoms with Crippen molar-refractivity contribution in [3.05, 3.63) is 66.4 Å². The molecule has 0 radical (unpaired) electrons. The first-order valence-electron chi connectivity index (χ1n) is 12.6. The van der Waals surface area contributed by atoms with E-state index >= 15 is 0 Å². The van der Waals surface area contributed by atoms with Gasteiger partial charge in [0.2, 0.25) is 5.91 Å². The Morgan fingerprint density at radius 2 is 1.50 bits per heavy atom. The standard InChI is InChI=1S/C28H34N6O2/c1-5-31(6-2)20-32(7-3)19-25(35)34-24-17-13-12-16-23(24)33(8-4)28(36)22-18-29-26(30-27(22)34)21-14-10-9-11-15-21/h9-18H,5-8,19-20H2,1-4H3. The minimum atomic E-state index is -0.217. The van der Waals surface area contributed by atoms with E-state index in [0.29, 0.717) is 41.8 Å². The lowest BCUT2D eigenvalue weighted by Crippen LogP contribution is -2.44. The number of carbonyl (C=O) groups is 2. The van der Waals surface area contributed by atoms with E-state index in [1.165, 1.54) is 0 Å². The van der Waals surface area contributed by atoms with Crippen molar-refractivity contribution in [2.75, 3.05) is 49.2 Å². The van der Waals surface area contributed by atoms with Crippen LogP contribution in [0.15, 0.2) is 60.8 Å². The van der Waals surface area contributed by atoms with Gasteiger partial charge in [-0.25, -0.2) is 9.97 Å². The molecule has 8 nitrogen and oxygen atoms in total. The number of rotatable bonds is 9. The second-order valence-electron chi connectivity index (χ2n) is 8.65. The third-order valence-corrected chi connectivity index (χ3v) is 6.57. The van der Waals surface area contributed by atoms with Crippen LogP contribution in [0.2, 0.25) is 0 Å². The monoisotopic (exact) mass is 486 g/mol. The zero-order valence-corrected chi connectivity index (χ0v) is 21.5. The molecule has 0 saturated carbocycles. The van der Waals surface area contributed by atoms with Crippen molar-refractivity contribution in [1.82, 2.24) is 19.8 Å². The number of nitrogens with zero attached hydrogens (tertiary/aromatic N) is 6. The largest absolute Gasteiger partial charge is 0.306 e. The van der Waals surface area contributed by atoms with E-state index in [1.54, 1.807) is 16.0 Å². The van der Waals surface area contributed by atoms with Crippen molar-refractivity contribution in [2.24, 2.45) is 0 Å². The Hall–Kier alpha value is -3.62. The Bertz CT molecular complexity index is 1210. The summed E-state index contributed by atoms with van der Waals surface area (Å²) in [6, 6.07) is 17.1. The highest BCUT2D eigenvalue weighted by Crippen LogP contribution is 2.40. The van der Waals surface area contributed by atoms with Crippen molar-refractivity contribution in [3.63, 3.8) is 0 Å². The SMILES string of the molecule is CCN(CC)CN(CC)CC(=O)N1c2ccccc2N(CC)C(=O)c2cnc(-c3ccccc3)nc21. The maximum Gasteiger partial charge on any atom is 0.263 e. The van der Waals surface area contributed by atoms with Crippen molar-refractivity contribution < 1.29 is 9.59 Å². The number of fused-ring (bicyclic) bond motifs is 2. The van der Waals surface area contributed by atoms with Crippen LogP contribution >= 0.6 is 0 Å². The molecule has 0 aliphatic carbocycles. The third kappa shape index (κ3) is 5.01. The van der Waals surface area contributed by atoms with Crippen molar-refractivity contribution in [3.8, 4) is 11.4 Å². The Kier molecular flexibility index (Phi) is 8.07. The second kappa shape index (κ2) is 11.4. The molecule has 4 rings (SSSR count). The average molecular weight is 487 g/mol. The van der Waals surface area contributed by atoms with Crippen LogP contribution in [-0.2, 0) is 4.79 Å². The van der Waals surface area contributed by atoms with Crippen molar-refractivity contribution >= 4 is 29.0 Å². The maximum atomic E-state index is 14.0. The van der Waals surface area contributed by atoms with Crippen LogP contribution in [-0.4, -0.2) is 71.0 Å². The van der Waals surface area contributed by atoms with Gasteiger partial charge in [-0.2, -0.15) is 0 Å². The highest BCUT2D eigenvalue weighted by Gasteiger charge is 2.35. The Labute approximate surface area is 213 Å². The quantitative estimate of drug-likeness (QED) is 0.417. The number of para-hydroxylation sites is 2. The predicted molar refractivity (Wildman–Crippen MR) is 143 cm³/mol. The number of hydrogen-bond donors (Lipinski definition) is 0. The molecule has 0 spiro atoms. The zero-order valence-electron chi connectivity index (χ0n) is 21.5. The van der Waals surface area contributed by atoms with E-state index in [9.17, 15) is 9.59 Å². The summed E-state index contributed by atoms with van der Waals surface area (Å²) in [5.41, 5.74) is 2.46. The summed E-state index contributed by atoms with van der Waals surface area (Å²) >= 11 is 0. The van der Waals surface area contributed by atoms with E-state index in [-0.39, 0.29) is 18.4 Å². The molecule has 0 bridgehead atoms. The Morgan fingerprint density at radius 3 is 2.14 bits per heavy atom. The smallest absolute Gasteiger partial charge is 0.263 e. The molecule has 36 heavy (non-hydrogen) atoms. The van der Waals surface area contributed by atoms with E-state index in [1.807, 2.05) is 61.5 Å². The van der Waals surface area contributed by atoms with Crippen LogP contribution in [0.3, 0.4) is 0 Å². The first-order valence-corrected chi connectivity index (χ1v) is 12.6. The Balaban J connectivity index is 1.84. The van der Waals surface area contributed by atoms with Gasteiger partial charge in [0.05, 0.1) is 24.6 Å². The summed E-state index contributed by atoms with van der Waals surface area (Å²) < 4.78 is 0. The van der Waals surface area contributed by atoms with Gasteiger partial charge < -0.3 is 4.90 Å². The van der Waals surface area contributed by atoms with E-state index in [0.717, 1.165) is 25.2 Å². The van der Waals surface area contributed by atoms with Gasteiger partial charge in [0.25, 0.3) is 5.91 Å². The molecule has 2 amide bonds. The molecule has 1 aliphatic heterocycles. The minimum Gasteiger partial charge on any atom is -0.306 e. The van der Waals surface area contributed by atoms with Gasteiger partial charge in [-0.1, -0.05) is 63.2 Å². The fourth-order valence-corrected chi connectivity index (χ4v) is 4.47. The molecule has 0 saturated heterocycles. The number of amides is 2. The lowest BCUT2D eigenvalue weighted by atomic mass is 10.2. The molecule has 2 aromatic carbocycles. The van der Waals surface area contributed by atoms with E-state index < -0.39 is 0 Å². The van der Waals surface area contributed by atoms with Gasteiger partial charge in [0.15, 0.2) is 11.6 Å². The molecule has 0 fully saturated rings. The highest BCUT2D eigenvalue weighted by molar-refractivity contribution is 6.18. The minimum absolute atomic E-state index is 0.138. The van der Waals surface area contributed by atoms with Crippen LogP contribution in [0.4, 0.5) is 17.2 Å². The predicted octanol–water partition coefficient (Wildman–Crippen LogP) is 4.41. The molecule has 2 heterocycles. The van der Waals surface area contributed by atoms with Gasteiger partial charge in [0.1, 0.15) is 5.56 Å². The average Bonchev–Trinajstić information content (AvgIpc) is 3.02. The maximum absolute atomic E-state index is 14.0. The number of likely N-dealkylation sites (N-methyl/N-ethyl adjacent to an activating group) is 1. The zero-order chi connectivity index (χ0) is 25.7. The summed E-state index contributed by atoms with van der Waals surface area (Å²) in [5.74, 6) is 0.436. The second-order valence-corrected chi connectivity index (χ2v) is 8.65. The number of hydrogen-bond acceptors (Lipinski definition) is 6. The number of anilines is 3. The molecule has 0 N–H and O–H groups in total. The summed E-state index contributed by atoms with van der Waals surface area (Å²) in [4.78, 5) is 44.7. The van der Waals surface area contributed by atoms with Crippen molar-refractivity contribution in [1.29, 1.82) is 0 Å². The van der Waals surface area contributed by atoms with Gasteiger partial charge in [-0.05, 0) is 38.7 Å². The van der Waals surface area contributed by atoms with Gasteiger partial charge in [0, 0.05) is 18.3 Å². The normalized spacial score (nSPS) is 13.1. The molecule has 0 atom stereocenters. The van der Waals surface area contributed by atoms with Crippen LogP contribution in [0.25, 0.3) is 11.4 Å². The number of benzene rings is 2. The topological polar surface area (TPSA) is 72.9 Å². The van der Waals surface area contributed by atoms with Gasteiger partial charge in [-0.3, -0.25) is 24.3 Å². The van der Waals surface area contributed by atoms with E-state index in [4.69, 9.17) is 4.98 Å². The van der Waals surface area contributed by atoms with Crippen LogP contribution in [0.5, 0.6) is 0 Å². The summed E-state index contributed by atoms with van der Waals surface area (Å²) in [5, 5.41) is 0. The lowest BCUT2D eigenvalue weighted by molar-refractivity contribution is -0.119. The van der Waals surface area contributed by atoms with E-state index in [2.05, 4.69) is 35.6 Å².